The highest BCUT2D eigenvalue weighted by atomic mass is 35.5. The second-order valence-electron chi connectivity index (χ2n) is 11.6. The van der Waals surface area contributed by atoms with Crippen molar-refractivity contribution in [3.8, 4) is 22.5 Å². The first-order chi connectivity index (χ1) is 22.1. The predicted octanol–water partition coefficient (Wildman–Crippen LogP) is 5.60. The Balaban J connectivity index is 1.35. The molecule has 6 rings (SSSR count). The average Bonchev–Trinajstić information content (AvgIpc) is 3.90. The van der Waals surface area contributed by atoms with Crippen LogP contribution in [0.25, 0.3) is 22.5 Å². The Labute approximate surface area is 268 Å². The molecule has 1 unspecified atom stereocenters. The molecule has 3 N–H and O–H groups in total. The van der Waals surface area contributed by atoms with Crippen molar-refractivity contribution >= 4 is 29.6 Å². The minimum Gasteiger partial charge on any atom is -0.447 e. The maximum Gasteiger partial charge on any atom is 0.407 e. The van der Waals surface area contributed by atoms with Gasteiger partial charge in [0.05, 0.1) is 23.3 Å². The van der Waals surface area contributed by atoms with Gasteiger partial charge < -0.3 is 15.8 Å². The zero-order valence-corrected chi connectivity index (χ0v) is 25.9. The lowest BCUT2D eigenvalue weighted by Crippen LogP contribution is -2.46. The Morgan fingerprint density at radius 3 is 2.54 bits per heavy atom. The van der Waals surface area contributed by atoms with Crippen LogP contribution in [0.3, 0.4) is 0 Å². The van der Waals surface area contributed by atoms with Crippen LogP contribution in [0.1, 0.15) is 67.2 Å². The summed E-state index contributed by atoms with van der Waals surface area (Å²) < 4.78 is 34.1. The predicted molar refractivity (Wildman–Crippen MR) is 166 cm³/mol. The number of carbonyl (C=O) groups excluding carboxylic acids is 2. The lowest BCUT2D eigenvalue weighted by atomic mass is 10.0. The average molecular weight is 652 g/mol. The topological polar surface area (TPSA) is 146 Å². The number of guanidine groups is 1. The van der Waals surface area contributed by atoms with Gasteiger partial charge in [-0.05, 0) is 68.0 Å². The smallest absolute Gasteiger partial charge is 0.407 e. The van der Waals surface area contributed by atoms with E-state index in [9.17, 15) is 18.4 Å². The van der Waals surface area contributed by atoms with Crippen molar-refractivity contribution in [2.24, 2.45) is 10.7 Å². The van der Waals surface area contributed by atoms with Crippen LogP contribution in [0.4, 0.5) is 13.6 Å². The zero-order chi connectivity index (χ0) is 32.6. The van der Waals surface area contributed by atoms with Gasteiger partial charge in [0.1, 0.15) is 12.9 Å². The number of carbonyl (C=O) groups is 2. The number of amides is 2. The van der Waals surface area contributed by atoms with E-state index in [4.69, 9.17) is 22.1 Å². The summed E-state index contributed by atoms with van der Waals surface area (Å²) in [5.74, 6) is -0.0685. The highest BCUT2D eigenvalue weighted by Gasteiger charge is 2.40. The highest BCUT2D eigenvalue weighted by molar-refractivity contribution is 6.33. The maximum atomic E-state index is 14.2. The van der Waals surface area contributed by atoms with Gasteiger partial charge in [-0.2, -0.15) is 19.0 Å². The molecule has 4 aromatic rings. The van der Waals surface area contributed by atoms with E-state index in [1.54, 1.807) is 42.5 Å². The van der Waals surface area contributed by atoms with Crippen LogP contribution < -0.4 is 11.1 Å². The zero-order valence-electron chi connectivity index (χ0n) is 25.1. The van der Waals surface area contributed by atoms with Gasteiger partial charge in [-0.25, -0.2) is 19.1 Å². The molecule has 46 heavy (non-hydrogen) atoms. The SMILES string of the molecule is CN=C(N)N(C(=O)c1ccc(-c2cnn(C(F)F)c2)cc1)C(COC(=O)NC1(C)CC1)c1ccc(Cl)c(-c2ncnn2C2CC2)c1. The van der Waals surface area contributed by atoms with Crippen LogP contribution in [0.15, 0.2) is 66.2 Å². The summed E-state index contributed by atoms with van der Waals surface area (Å²) in [5, 5.41) is 11.3. The number of aromatic nitrogens is 5. The van der Waals surface area contributed by atoms with Crippen LogP contribution in [-0.4, -0.2) is 66.6 Å². The van der Waals surface area contributed by atoms with Gasteiger partial charge >= 0.3 is 12.6 Å². The first kappa shape index (κ1) is 31.1. The van der Waals surface area contributed by atoms with Gasteiger partial charge in [-0.15, -0.1) is 0 Å². The molecule has 240 valence electrons. The molecule has 2 aliphatic carbocycles. The Bertz CT molecular complexity index is 1780. The molecular weight excluding hydrogens is 620 g/mol. The molecule has 2 aromatic heterocycles. The second-order valence-corrected chi connectivity index (χ2v) is 12.0. The highest BCUT2D eigenvalue weighted by Crippen LogP contribution is 2.39. The first-order valence-corrected chi connectivity index (χ1v) is 15.1. The lowest BCUT2D eigenvalue weighted by Gasteiger charge is -2.31. The molecule has 12 nitrogen and oxygen atoms in total. The van der Waals surface area contributed by atoms with Gasteiger partial charge in [0, 0.05) is 35.5 Å². The molecule has 0 saturated heterocycles. The van der Waals surface area contributed by atoms with E-state index >= 15 is 0 Å². The number of nitrogens with two attached hydrogens (primary N) is 1. The molecule has 0 radical (unpaired) electrons. The van der Waals surface area contributed by atoms with E-state index in [-0.39, 0.29) is 29.7 Å². The van der Waals surface area contributed by atoms with Crippen molar-refractivity contribution in [2.45, 2.75) is 56.8 Å². The van der Waals surface area contributed by atoms with E-state index in [1.807, 2.05) is 11.6 Å². The van der Waals surface area contributed by atoms with Crippen LogP contribution in [0, 0.1) is 0 Å². The molecule has 2 aliphatic rings. The number of hydrogen-bond acceptors (Lipinski definition) is 7. The fourth-order valence-electron chi connectivity index (χ4n) is 5.07. The summed E-state index contributed by atoms with van der Waals surface area (Å²) >= 11 is 6.66. The Hall–Kier alpha value is -4.85. The molecule has 2 amide bonds. The Morgan fingerprint density at radius 1 is 1.17 bits per heavy atom. The Morgan fingerprint density at radius 2 is 1.91 bits per heavy atom. The van der Waals surface area contributed by atoms with E-state index in [1.165, 1.54) is 30.7 Å². The molecule has 2 saturated carbocycles. The van der Waals surface area contributed by atoms with Crippen molar-refractivity contribution < 1.29 is 23.1 Å². The van der Waals surface area contributed by atoms with Crippen LogP contribution in [0.5, 0.6) is 0 Å². The third kappa shape index (κ3) is 6.57. The number of nitrogens with zero attached hydrogens (tertiary/aromatic N) is 7. The van der Waals surface area contributed by atoms with Gasteiger partial charge in [0.15, 0.2) is 11.8 Å². The van der Waals surface area contributed by atoms with E-state index in [0.29, 0.717) is 37.8 Å². The van der Waals surface area contributed by atoms with E-state index < -0.39 is 24.6 Å². The molecule has 0 bridgehead atoms. The standard InChI is InChI=1S/C31H32ClF2N9O3/c1-31(11-12-31)40-30(45)46-16-25(20-7-10-24(32)23(13-20)26-37-17-39-43(26)22-8-9-22)42(29(35)36-2)27(44)19-5-3-18(4-6-19)21-14-38-41(15-21)28(33)34/h3-7,10,13-15,17,22,25,28H,8-9,11-12,16H2,1-2H3,(H2,35,36)(H,40,45). The van der Waals surface area contributed by atoms with Crippen LogP contribution in [-0.2, 0) is 4.74 Å². The van der Waals surface area contributed by atoms with Gasteiger partial charge in [-0.3, -0.25) is 14.7 Å². The number of alkyl halides is 2. The van der Waals surface area contributed by atoms with Crippen LogP contribution >= 0.6 is 11.6 Å². The first-order valence-electron chi connectivity index (χ1n) is 14.7. The number of nitrogens with one attached hydrogen (secondary N) is 1. The number of hydrogen-bond donors (Lipinski definition) is 2. The Kier molecular flexibility index (Phi) is 8.47. The molecule has 15 heteroatoms. The molecule has 2 heterocycles. The molecule has 2 aromatic carbocycles. The lowest BCUT2D eigenvalue weighted by molar-refractivity contribution is 0.0566. The van der Waals surface area contributed by atoms with Crippen LogP contribution in [0.2, 0.25) is 5.02 Å². The summed E-state index contributed by atoms with van der Waals surface area (Å²) in [6.45, 7) is -1.11. The van der Waals surface area contributed by atoms with Crippen molar-refractivity contribution in [3.05, 3.63) is 77.3 Å². The number of alkyl carbamates (subject to hydrolysis) is 1. The number of halogens is 3. The summed E-state index contributed by atoms with van der Waals surface area (Å²) in [5.41, 5.74) is 8.48. The minimum atomic E-state index is -2.77. The van der Waals surface area contributed by atoms with Crippen molar-refractivity contribution in [3.63, 3.8) is 0 Å². The van der Waals surface area contributed by atoms with Gasteiger partial charge in [0.25, 0.3) is 5.91 Å². The van der Waals surface area contributed by atoms with E-state index in [0.717, 1.165) is 25.7 Å². The third-order valence-electron chi connectivity index (χ3n) is 8.13. The normalized spacial score (nSPS) is 16.3. The molecule has 1 atom stereocenters. The fraction of sp³-hybridized carbons (Fsp3) is 0.355. The van der Waals surface area contributed by atoms with Gasteiger partial charge in [-0.1, -0.05) is 29.8 Å². The molecule has 0 spiro atoms. The monoisotopic (exact) mass is 651 g/mol. The summed E-state index contributed by atoms with van der Waals surface area (Å²) in [7, 11) is 1.45. The maximum absolute atomic E-state index is 14.2. The van der Waals surface area contributed by atoms with Crippen molar-refractivity contribution in [2.75, 3.05) is 13.7 Å². The second kappa shape index (κ2) is 12.5. The quantitative estimate of drug-likeness (QED) is 0.168. The number of benzene rings is 2. The van der Waals surface area contributed by atoms with E-state index in [2.05, 4.69) is 25.5 Å². The summed E-state index contributed by atoms with van der Waals surface area (Å²) in [6.07, 6.45) is 7.03. The fourth-order valence-corrected chi connectivity index (χ4v) is 5.27. The number of ether oxygens (including phenoxy) is 1. The summed E-state index contributed by atoms with van der Waals surface area (Å²) in [4.78, 5) is 36.8. The number of rotatable bonds is 10. The molecule has 0 aliphatic heterocycles. The summed E-state index contributed by atoms with van der Waals surface area (Å²) in [6, 6.07) is 10.9. The minimum absolute atomic E-state index is 0.118. The number of aliphatic imine (C=N–C) groups is 1. The van der Waals surface area contributed by atoms with Crippen molar-refractivity contribution in [1.82, 2.24) is 34.8 Å². The van der Waals surface area contributed by atoms with Crippen molar-refractivity contribution in [1.29, 1.82) is 0 Å². The third-order valence-corrected chi connectivity index (χ3v) is 8.46. The largest absolute Gasteiger partial charge is 0.447 e. The van der Waals surface area contributed by atoms with Gasteiger partial charge in [0.2, 0.25) is 0 Å². The molecular formula is C31H32ClF2N9O3. The molecule has 2 fully saturated rings.